The number of carbonyl (C=O) groups excluding carboxylic acids is 4. The molecule has 6 aromatic rings. The van der Waals surface area contributed by atoms with Gasteiger partial charge in [-0.3, -0.25) is 0 Å². The Bertz CT molecular complexity index is 2370. The second kappa shape index (κ2) is 20.6. The summed E-state index contributed by atoms with van der Waals surface area (Å²) in [6.45, 7) is 6.48. The number of amides is 2. The molecule has 6 aromatic carbocycles. The van der Waals surface area contributed by atoms with Crippen molar-refractivity contribution < 1.29 is 38.1 Å². The molecule has 0 aromatic heterocycles. The Labute approximate surface area is 378 Å². The van der Waals surface area contributed by atoms with Crippen LogP contribution in [0.2, 0.25) is 0 Å². The monoisotopic (exact) mass is 876 g/mol. The van der Waals surface area contributed by atoms with Gasteiger partial charge in [-0.15, -0.1) is 11.8 Å². The third-order valence-electron chi connectivity index (χ3n) is 10.8. The molecule has 2 amide bonds. The number of alkyl carbamates (subject to hydrolysis) is 2. The van der Waals surface area contributed by atoms with Crippen LogP contribution in [0.15, 0.2) is 170 Å². The Hall–Kier alpha value is -6.85. The average Bonchev–Trinajstić information content (AvgIpc) is 3.63. The quantitative estimate of drug-likeness (QED) is 0.0555. The minimum Gasteiger partial charge on any atom is -0.459 e. The van der Waals surface area contributed by atoms with Gasteiger partial charge < -0.3 is 29.6 Å². The first kappa shape index (κ1) is 45.2. The Balaban J connectivity index is 1.18. The molecule has 64 heavy (non-hydrogen) atoms. The SMILES string of the molecule is C[C@@H](OC(=O)[C@H](CSC(c1ccccc1)(c1ccccc1)c1ccccc1)NC(=O)OCC1c2ccccc2-c2ccccc21)[C@H](NC(=O)OC(C)(C)C)C(=O)OCc1ccccc1. The highest BCUT2D eigenvalue weighted by molar-refractivity contribution is 8.00. The fraction of sp³-hybridized carbons (Fsp3) is 0.245. The topological polar surface area (TPSA) is 129 Å². The summed E-state index contributed by atoms with van der Waals surface area (Å²) in [4.78, 5) is 55.5. The zero-order valence-corrected chi connectivity index (χ0v) is 37.1. The molecule has 0 unspecified atom stereocenters. The number of thioether (sulfide) groups is 1. The molecule has 328 valence electrons. The molecule has 7 rings (SSSR count). The Kier molecular flexibility index (Phi) is 14.5. The van der Waals surface area contributed by atoms with E-state index in [0.717, 1.165) is 44.5 Å². The van der Waals surface area contributed by atoms with Crippen LogP contribution in [0.4, 0.5) is 9.59 Å². The molecule has 0 saturated carbocycles. The molecule has 11 heteroatoms. The van der Waals surface area contributed by atoms with E-state index in [1.165, 1.54) is 18.7 Å². The summed E-state index contributed by atoms with van der Waals surface area (Å²) < 4.78 is 22.2. The number of benzene rings is 6. The smallest absolute Gasteiger partial charge is 0.408 e. The third-order valence-corrected chi connectivity index (χ3v) is 12.5. The Morgan fingerprint density at radius 1 is 0.578 bits per heavy atom. The lowest BCUT2D eigenvalue weighted by Crippen LogP contribution is -2.53. The third kappa shape index (κ3) is 10.8. The van der Waals surface area contributed by atoms with Gasteiger partial charge in [0.2, 0.25) is 0 Å². The molecule has 0 saturated heterocycles. The van der Waals surface area contributed by atoms with Crippen LogP contribution in [-0.2, 0) is 39.9 Å². The van der Waals surface area contributed by atoms with Crippen LogP contribution < -0.4 is 10.6 Å². The van der Waals surface area contributed by atoms with Crippen LogP contribution in [0.25, 0.3) is 11.1 Å². The van der Waals surface area contributed by atoms with E-state index in [9.17, 15) is 19.2 Å². The highest BCUT2D eigenvalue weighted by Gasteiger charge is 2.41. The molecule has 2 N–H and O–H groups in total. The van der Waals surface area contributed by atoms with E-state index in [1.807, 2.05) is 146 Å². The summed E-state index contributed by atoms with van der Waals surface area (Å²) in [5.41, 5.74) is 6.91. The predicted molar refractivity (Wildman–Crippen MR) is 249 cm³/mol. The first-order chi connectivity index (χ1) is 30.9. The van der Waals surface area contributed by atoms with Crippen LogP contribution in [0.3, 0.4) is 0 Å². The average molecular weight is 877 g/mol. The van der Waals surface area contributed by atoms with Crippen LogP contribution >= 0.6 is 11.8 Å². The molecule has 0 aliphatic heterocycles. The molecule has 0 fully saturated rings. The van der Waals surface area contributed by atoms with Crippen LogP contribution in [0.1, 0.15) is 67.0 Å². The molecule has 0 radical (unpaired) electrons. The van der Waals surface area contributed by atoms with E-state index in [0.29, 0.717) is 0 Å². The molecule has 1 aliphatic carbocycles. The Morgan fingerprint density at radius 2 is 1.05 bits per heavy atom. The fourth-order valence-electron chi connectivity index (χ4n) is 7.88. The minimum atomic E-state index is -1.47. The summed E-state index contributed by atoms with van der Waals surface area (Å²) in [5.74, 6) is -1.93. The van der Waals surface area contributed by atoms with Gasteiger partial charge in [0.05, 0.1) is 4.75 Å². The van der Waals surface area contributed by atoms with Gasteiger partial charge in [-0.05, 0) is 72.2 Å². The fourth-order valence-corrected chi connectivity index (χ4v) is 9.43. The summed E-state index contributed by atoms with van der Waals surface area (Å²) in [5, 5.41) is 5.38. The zero-order chi connectivity index (χ0) is 45.1. The van der Waals surface area contributed by atoms with E-state index in [2.05, 4.69) is 22.8 Å². The lowest BCUT2D eigenvalue weighted by Gasteiger charge is -2.36. The predicted octanol–water partition coefficient (Wildman–Crippen LogP) is 10.2. The number of ether oxygens (including phenoxy) is 4. The van der Waals surface area contributed by atoms with E-state index in [1.54, 1.807) is 32.9 Å². The summed E-state index contributed by atoms with van der Waals surface area (Å²) >= 11 is 1.44. The van der Waals surface area contributed by atoms with E-state index < -0.39 is 52.7 Å². The van der Waals surface area contributed by atoms with Crippen molar-refractivity contribution in [2.45, 2.75) is 68.8 Å². The molecule has 0 heterocycles. The Morgan fingerprint density at radius 3 is 1.55 bits per heavy atom. The first-order valence-corrected chi connectivity index (χ1v) is 22.2. The van der Waals surface area contributed by atoms with E-state index in [-0.39, 0.29) is 24.9 Å². The van der Waals surface area contributed by atoms with Gasteiger partial charge in [-0.25, -0.2) is 19.2 Å². The van der Waals surface area contributed by atoms with Gasteiger partial charge in [0.15, 0.2) is 6.04 Å². The molecule has 0 spiro atoms. The normalized spacial score (nSPS) is 13.6. The highest BCUT2D eigenvalue weighted by Crippen LogP contribution is 2.49. The van der Waals surface area contributed by atoms with Crippen molar-refractivity contribution in [2.75, 3.05) is 12.4 Å². The standard InChI is InChI=1S/C53H52N2O8S/c1-36(47(55-51(59)63-52(2,3)4)49(57)60-33-37-21-9-5-10-22-37)62-48(56)46(54-50(58)61-34-45-43-31-19-17-29-41(43)42-30-18-20-32-44(42)45)35-64-53(38-23-11-6-12-24-38,39-25-13-7-14-26-39)40-27-15-8-16-28-40/h5-32,36,45-47H,33-35H2,1-4H3,(H,54,58)(H,55,59)/t36-,46+,47+/m1/s1. The number of esters is 2. The molecule has 3 atom stereocenters. The van der Waals surface area contributed by atoms with Gasteiger partial charge in [-0.1, -0.05) is 170 Å². The second-order valence-corrected chi connectivity index (χ2v) is 17.7. The number of rotatable bonds is 16. The van der Waals surface area contributed by atoms with Crippen molar-refractivity contribution in [3.8, 4) is 11.1 Å². The van der Waals surface area contributed by atoms with Crippen molar-refractivity contribution in [3.05, 3.63) is 203 Å². The van der Waals surface area contributed by atoms with Crippen LogP contribution in [-0.4, -0.2) is 60.3 Å². The minimum absolute atomic E-state index is 0.00293. The lowest BCUT2D eigenvalue weighted by atomic mass is 9.84. The van der Waals surface area contributed by atoms with Crippen molar-refractivity contribution >= 4 is 35.9 Å². The summed E-state index contributed by atoms with van der Waals surface area (Å²) in [6, 6.07) is 52.2. The van der Waals surface area contributed by atoms with Crippen LogP contribution in [0, 0.1) is 0 Å². The molecule has 0 bridgehead atoms. The number of fused-ring (bicyclic) bond motifs is 3. The van der Waals surface area contributed by atoms with Crippen molar-refractivity contribution in [1.82, 2.24) is 10.6 Å². The van der Waals surface area contributed by atoms with Gasteiger partial charge in [-0.2, -0.15) is 0 Å². The van der Waals surface area contributed by atoms with Gasteiger partial charge >= 0.3 is 24.1 Å². The molecular formula is C53H52N2O8S. The number of nitrogens with one attached hydrogen (secondary N) is 2. The van der Waals surface area contributed by atoms with Gasteiger partial charge in [0.25, 0.3) is 0 Å². The summed E-state index contributed by atoms with van der Waals surface area (Å²) in [7, 11) is 0. The summed E-state index contributed by atoms with van der Waals surface area (Å²) in [6.07, 6.45) is -3.01. The van der Waals surface area contributed by atoms with Crippen molar-refractivity contribution in [1.29, 1.82) is 0 Å². The maximum Gasteiger partial charge on any atom is 0.408 e. The zero-order valence-electron chi connectivity index (χ0n) is 36.3. The van der Waals surface area contributed by atoms with E-state index in [4.69, 9.17) is 18.9 Å². The number of hydrogen-bond donors (Lipinski definition) is 2. The second-order valence-electron chi connectivity index (χ2n) is 16.5. The van der Waals surface area contributed by atoms with Gasteiger partial charge in [0.1, 0.15) is 31.0 Å². The maximum absolute atomic E-state index is 14.6. The van der Waals surface area contributed by atoms with Gasteiger partial charge in [0, 0.05) is 11.7 Å². The van der Waals surface area contributed by atoms with Crippen LogP contribution in [0.5, 0.6) is 0 Å². The molecule has 1 aliphatic rings. The van der Waals surface area contributed by atoms with Crippen molar-refractivity contribution in [3.63, 3.8) is 0 Å². The van der Waals surface area contributed by atoms with Crippen molar-refractivity contribution in [2.24, 2.45) is 0 Å². The first-order valence-electron chi connectivity index (χ1n) is 21.3. The maximum atomic E-state index is 14.6. The largest absolute Gasteiger partial charge is 0.459 e. The number of hydrogen-bond acceptors (Lipinski definition) is 9. The lowest BCUT2D eigenvalue weighted by molar-refractivity contribution is -0.159. The molecule has 10 nitrogen and oxygen atoms in total. The number of carbonyl (C=O) groups is 4. The molecular weight excluding hydrogens is 825 g/mol. The van der Waals surface area contributed by atoms with E-state index >= 15 is 0 Å². The highest BCUT2D eigenvalue weighted by atomic mass is 32.2.